The SMILES string of the molecule is CC1CCN(C(=O)NCc2nncn2C)CC1. The summed E-state index contributed by atoms with van der Waals surface area (Å²) in [6.45, 7) is 4.37. The van der Waals surface area contributed by atoms with Crippen molar-refractivity contribution in [2.45, 2.75) is 26.3 Å². The third-order valence-electron chi connectivity index (χ3n) is 3.27. The zero-order valence-electron chi connectivity index (χ0n) is 10.4. The van der Waals surface area contributed by atoms with Crippen molar-refractivity contribution in [2.24, 2.45) is 13.0 Å². The highest BCUT2D eigenvalue weighted by Gasteiger charge is 2.20. The molecule has 1 aliphatic rings. The van der Waals surface area contributed by atoms with Gasteiger partial charge in [0.05, 0.1) is 6.54 Å². The lowest BCUT2D eigenvalue weighted by molar-refractivity contribution is 0.173. The molecule has 17 heavy (non-hydrogen) atoms. The number of nitrogens with one attached hydrogen (secondary N) is 1. The Balaban J connectivity index is 1.80. The van der Waals surface area contributed by atoms with E-state index in [1.165, 1.54) is 0 Å². The maximum Gasteiger partial charge on any atom is 0.317 e. The van der Waals surface area contributed by atoms with Gasteiger partial charge in [-0.1, -0.05) is 6.92 Å². The Morgan fingerprint density at radius 2 is 2.24 bits per heavy atom. The molecule has 0 aromatic carbocycles. The average molecular weight is 237 g/mol. The van der Waals surface area contributed by atoms with Crippen LogP contribution in [0.15, 0.2) is 6.33 Å². The number of hydrogen-bond donors (Lipinski definition) is 1. The summed E-state index contributed by atoms with van der Waals surface area (Å²) in [6, 6.07) is -0.0000926. The molecule has 2 rings (SSSR count). The number of likely N-dealkylation sites (tertiary alicyclic amines) is 1. The summed E-state index contributed by atoms with van der Waals surface area (Å²) >= 11 is 0. The summed E-state index contributed by atoms with van der Waals surface area (Å²) in [5, 5.41) is 10.6. The summed E-state index contributed by atoms with van der Waals surface area (Å²) in [6.07, 6.45) is 3.82. The van der Waals surface area contributed by atoms with Crippen molar-refractivity contribution >= 4 is 6.03 Å². The van der Waals surface area contributed by atoms with Crippen LogP contribution in [0.4, 0.5) is 4.79 Å². The molecule has 1 saturated heterocycles. The van der Waals surface area contributed by atoms with Gasteiger partial charge < -0.3 is 14.8 Å². The number of amides is 2. The summed E-state index contributed by atoms with van der Waals surface area (Å²) in [4.78, 5) is 13.7. The van der Waals surface area contributed by atoms with Crippen LogP contribution < -0.4 is 5.32 Å². The van der Waals surface area contributed by atoms with E-state index in [0.717, 1.165) is 37.7 Å². The predicted octanol–water partition coefficient (Wildman–Crippen LogP) is 0.757. The molecular formula is C11H19N5O. The van der Waals surface area contributed by atoms with Gasteiger partial charge in [-0.2, -0.15) is 0 Å². The number of nitrogens with zero attached hydrogens (tertiary/aromatic N) is 4. The zero-order valence-corrected chi connectivity index (χ0v) is 10.4. The highest BCUT2D eigenvalue weighted by Crippen LogP contribution is 2.15. The van der Waals surface area contributed by atoms with Crippen molar-refractivity contribution < 1.29 is 4.79 Å². The molecule has 0 bridgehead atoms. The van der Waals surface area contributed by atoms with E-state index in [0.29, 0.717) is 6.54 Å². The lowest BCUT2D eigenvalue weighted by atomic mass is 10.00. The van der Waals surface area contributed by atoms with Gasteiger partial charge in [-0.15, -0.1) is 10.2 Å². The molecule has 1 aromatic rings. The molecule has 2 heterocycles. The van der Waals surface area contributed by atoms with Gasteiger partial charge in [0, 0.05) is 20.1 Å². The second kappa shape index (κ2) is 5.16. The first-order chi connectivity index (χ1) is 8.16. The Morgan fingerprint density at radius 3 is 2.82 bits per heavy atom. The molecule has 6 heteroatoms. The van der Waals surface area contributed by atoms with E-state index in [9.17, 15) is 4.79 Å². The van der Waals surface area contributed by atoms with Gasteiger partial charge in [0.1, 0.15) is 6.33 Å². The van der Waals surface area contributed by atoms with Crippen LogP contribution in [-0.4, -0.2) is 38.8 Å². The molecule has 0 unspecified atom stereocenters. The molecule has 94 valence electrons. The lowest BCUT2D eigenvalue weighted by Crippen LogP contribution is -2.44. The lowest BCUT2D eigenvalue weighted by Gasteiger charge is -2.30. The summed E-state index contributed by atoms with van der Waals surface area (Å²) < 4.78 is 1.80. The Morgan fingerprint density at radius 1 is 1.53 bits per heavy atom. The molecule has 1 N–H and O–H groups in total. The summed E-state index contributed by atoms with van der Waals surface area (Å²) in [5.74, 6) is 1.50. The predicted molar refractivity (Wildman–Crippen MR) is 63.2 cm³/mol. The molecular weight excluding hydrogens is 218 g/mol. The fourth-order valence-electron chi connectivity index (χ4n) is 1.95. The van der Waals surface area contributed by atoms with E-state index >= 15 is 0 Å². The quantitative estimate of drug-likeness (QED) is 0.826. The number of aryl methyl sites for hydroxylation is 1. The number of hydrogen-bond acceptors (Lipinski definition) is 3. The largest absolute Gasteiger partial charge is 0.331 e. The summed E-state index contributed by atoms with van der Waals surface area (Å²) in [5.41, 5.74) is 0. The number of rotatable bonds is 2. The fourth-order valence-corrected chi connectivity index (χ4v) is 1.95. The second-order valence-electron chi connectivity index (χ2n) is 4.69. The highest BCUT2D eigenvalue weighted by molar-refractivity contribution is 5.74. The minimum absolute atomic E-state index is 0.0000926. The first-order valence-electron chi connectivity index (χ1n) is 6.02. The normalized spacial score (nSPS) is 17.2. The number of aromatic nitrogens is 3. The minimum atomic E-state index is -0.0000926. The molecule has 0 spiro atoms. The molecule has 2 amide bonds. The Bertz CT molecular complexity index is 381. The van der Waals surface area contributed by atoms with Crippen LogP contribution in [0.1, 0.15) is 25.6 Å². The molecule has 1 aliphatic heterocycles. The van der Waals surface area contributed by atoms with E-state index in [-0.39, 0.29) is 6.03 Å². The molecule has 1 aromatic heterocycles. The second-order valence-corrected chi connectivity index (χ2v) is 4.69. The van der Waals surface area contributed by atoms with E-state index < -0.39 is 0 Å². The smallest absolute Gasteiger partial charge is 0.317 e. The van der Waals surface area contributed by atoms with Gasteiger partial charge in [0.15, 0.2) is 5.82 Å². The van der Waals surface area contributed by atoms with E-state index in [2.05, 4.69) is 22.4 Å². The van der Waals surface area contributed by atoms with Crippen LogP contribution in [0, 0.1) is 5.92 Å². The van der Waals surface area contributed by atoms with Crippen LogP contribution >= 0.6 is 0 Å². The van der Waals surface area contributed by atoms with Crippen molar-refractivity contribution in [3.8, 4) is 0 Å². The first-order valence-corrected chi connectivity index (χ1v) is 6.02. The van der Waals surface area contributed by atoms with Gasteiger partial charge >= 0.3 is 6.03 Å². The minimum Gasteiger partial charge on any atom is -0.331 e. The van der Waals surface area contributed by atoms with Crippen molar-refractivity contribution in [1.29, 1.82) is 0 Å². The zero-order chi connectivity index (χ0) is 12.3. The van der Waals surface area contributed by atoms with E-state index in [4.69, 9.17) is 0 Å². The number of piperidine rings is 1. The van der Waals surface area contributed by atoms with E-state index in [1.807, 2.05) is 11.9 Å². The number of carbonyl (C=O) groups is 1. The summed E-state index contributed by atoms with van der Waals surface area (Å²) in [7, 11) is 1.87. The average Bonchev–Trinajstić information content (AvgIpc) is 2.73. The first kappa shape index (κ1) is 11.9. The number of urea groups is 1. The molecule has 1 fully saturated rings. The Hall–Kier alpha value is -1.59. The maximum atomic E-state index is 11.9. The van der Waals surface area contributed by atoms with Crippen molar-refractivity contribution in [1.82, 2.24) is 25.0 Å². The standard InChI is InChI=1S/C11H19N5O/c1-9-3-5-16(6-4-9)11(17)12-7-10-14-13-8-15(10)2/h8-9H,3-7H2,1-2H3,(H,12,17). The van der Waals surface area contributed by atoms with Crippen LogP contribution in [0.5, 0.6) is 0 Å². The number of carbonyl (C=O) groups excluding carboxylic acids is 1. The van der Waals surface area contributed by atoms with Gasteiger partial charge in [0.2, 0.25) is 0 Å². The van der Waals surface area contributed by atoms with Crippen LogP contribution in [0.2, 0.25) is 0 Å². The Labute approximate surface area is 101 Å². The van der Waals surface area contributed by atoms with Crippen molar-refractivity contribution in [2.75, 3.05) is 13.1 Å². The van der Waals surface area contributed by atoms with Gasteiger partial charge in [-0.25, -0.2) is 4.79 Å². The Kier molecular flexibility index (Phi) is 3.61. The molecule has 6 nitrogen and oxygen atoms in total. The maximum absolute atomic E-state index is 11.9. The van der Waals surface area contributed by atoms with Gasteiger partial charge in [-0.05, 0) is 18.8 Å². The molecule has 0 atom stereocenters. The monoisotopic (exact) mass is 237 g/mol. The molecule has 0 radical (unpaired) electrons. The highest BCUT2D eigenvalue weighted by atomic mass is 16.2. The van der Waals surface area contributed by atoms with Crippen molar-refractivity contribution in [3.05, 3.63) is 12.2 Å². The topological polar surface area (TPSA) is 63.1 Å². The molecule has 0 aliphatic carbocycles. The van der Waals surface area contributed by atoms with Gasteiger partial charge in [0.25, 0.3) is 0 Å². The van der Waals surface area contributed by atoms with Crippen LogP contribution in [0.3, 0.4) is 0 Å². The van der Waals surface area contributed by atoms with Crippen molar-refractivity contribution in [3.63, 3.8) is 0 Å². The fraction of sp³-hybridized carbons (Fsp3) is 0.727. The van der Waals surface area contributed by atoms with Gasteiger partial charge in [-0.3, -0.25) is 0 Å². The third kappa shape index (κ3) is 2.95. The van der Waals surface area contributed by atoms with E-state index in [1.54, 1.807) is 10.9 Å². The van der Waals surface area contributed by atoms with Crippen LogP contribution in [0.25, 0.3) is 0 Å². The third-order valence-corrected chi connectivity index (χ3v) is 3.27. The molecule has 0 saturated carbocycles. The van der Waals surface area contributed by atoms with Crippen LogP contribution in [-0.2, 0) is 13.6 Å².